The lowest BCUT2D eigenvalue weighted by atomic mass is 9.83. The summed E-state index contributed by atoms with van der Waals surface area (Å²) in [6, 6.07) is 24.3. The number of aryl methyl sites for hydroxylation is 1. The molecule has 1 amide bonds. The SMILES string of the molecule is Cc1c(C=CC(c2ccc(CN3N=C(c4ccccc4)OCC3=O)cc2)C2CCCC2)cccc1CCC(=O)O. The van der Waals surface area contributed by atoms with Gasteiger partial charge in [-0.05, 0) is 72.1 Å². The predicted octanol–water partition coefficient (Wildman–Crippen LogP) is 6.72. The van der Waals surface area contributed by atoms with Crippen molar-refractivity contribution < 1.29 is 19.4 Å². The minimum Gasteiger partial charge on any atom is -0.481 e. The van der Waals surface area contributed by atoms with Crippen LogP contribution in [0.2, 0.25) is 0 Å². The van der Waals surface area contributed by atoms with Gasteiger partial charge in [0.15, 0.2) is 6.61 Å². The van der Waals surface area contributed by atoms with Gasteiger partial charge >= 0.3 is 5.97 Å². The lowest BCUT2D eigenvalue weighted by Gasteiger charge is -2.24. The molecule has 0 saturated heterocycles. The molecule has 3 aromatic rings. The van der Waals surface area contributed by atoms with Crippen LogP contribution in [-0.4, -0.2) is 34.5 Å². The first-order valence-electron chi connectivity index (χ1n) is 14.1. The molecule has 6 heteroatoms. The van der Waals surface area contributed by atoms with Gasteiger partial charge in [0, 0.05) is 17.9 Å². The number of carbonyl (C=O) groups is 2. The monoisotopic (exact) mass is 536 g/mol. The Labute approximate surface area is 236 Å². The molecule has 1 unspecified atom stereocenters. The van der Waals surface area contributed by atoms with Crippen LogP contribution in [0.15, 0.2) is 84.0 Å². The fourth-order valence-electron chi connectivity index (χ4n) is 5.72. The molecule has 6 nitrogen and oxygen atoms in total. The topological polar surface area (TPSA) is 79.2 Å². The van der Waals surface area contributed by atoms with Gasteiger partial charge in [0.05, 0.1) is 6.54 Å². The zero-order valence-electron chi connectivity index (χ0n) is 23.0. The van der Waals surface area contributed by atoms with Crippen molar-refractivity contribution in [3.8, 4) is 0 Å². The van der Waals surface area contributed by atoms with Crippen molar-refractivity contribution in [3.05, 3.63) is 112 Å². The Kier molecular flexibility index (Phi) is 8.74. The van der Waals surface area contributed by atoms with E-state index >= 15 is 0 Å². The van der Waals surface area contributed by atoms with Crippen LogP contribution in [0.1, 0.15) is 71.4 Å². The maximum absolute atomic E-state index is 12.5. The largest absolute Gasteiger partial charge is 0.481 e. The summed E-state index contributed by atoms with van der Waals surface area (Å²) in [4.78, 5) is 23.6. The Bertz CT molecular complexity index is 1390. The Morgan fingerprint density at radius 2 is 1.80 bits per heavy atom. The zero-order chi connectivity index (χ0) is 27.9. The number of aliphatic carboxylic acids is 1. The van der Waals surface area contributed by atoms with E-state index in [9.17, 15) is 9.59 Å². The normalized spacial score (nSPS) is 16.7. The molecule has 1 N–H and O–H groups in total. The van der Waals surface area contributed by atoms with Gasteiger partial charge in [-0.2, -0.15) is 0 Å². The molecule has 0 aromatic heterocycles. The molecular weight excluding hydrogens is 500 g/mol. The van der Waals surface area contributed by atoms with E-state index in [1.54, 1.807) is 0 Å². The second-order valence-corrected chi connectivity index (χ2v) is 10.7. The van der Waals surface area contributed by atoms with E-state index in [0.717, 1.165) is 27.8 Å². The van der Waals surface area contributed by atoms with Crippen LogP contribution < -0.4 is 0 Å². The number of hydrazone groups is 1. The highest BCUT2D eigenvalue weighted by molar-refractivity contribution is 5.97. The first-order valence-corrected chi connectivity index (χ1v) is 14.1. The van der Waals surface area contributed by atoms with Crippen molar-refractivity contribution in [1.29, 1.82) is 0 Å². The molecule has 2 aliphatic rings. The summed E-state index contributed by atoms with van der Waals surface area (Å²) in [5, 5.41) is 15.1. The third-order valence-corrected chi connectivity index (χ3v) is 8.04. The van der Waals surface area contributed by atoms with Gasteiger partial charge in [0.25, 0.3) is 5.91 Å². The van der Waals surface area contributed by atoms with Crippen LogP contribution in [0.4, 0.5) is 0 Å². The summed E-state index contributed by atoms with van der Waals surface area (Å²) in [5.41, 5.74) is 6.51. The fourth-order valence-corrected chi connectivity index (χ4v) is 5.72. The standard InChI is InChI=1S/C34H36N2O4/c1-24-26(12-7-13-27(24)19-21-33(38)39)18-20-31(28-8-5-6-9-28)29-16-14-25(15-17-29)22-36-32(37)23-40-34(35-36)30-10-3-2-4-11-30/h2-4,7,10-18,20,28,31H,5-6,8-9,19,21-23H2,1H3,(H,38,39). The lowest BCUT2D eigenvalue weighted by Crippen LogP contribution is -2.36. The number of benzene rings is 3. The molecule has 1 saturated carbocycles. The maximum Gasteiger partial charge on any atom is 0.303 e. The van der Waals surface area contributed by atoms with Crippen LogP contribution >= 0.6 is 0 Å². The van der Waals surface area contributed by atoms with Crippen molar-refractivity contribution in [1.82, 2.24) is 5.01 Å². The third kappa shape index (κ3) is 6.68. The Morgan fingerprint density at radius 3 is 2.52 bits per heavy atom. The number of carbonyl (C=O) groups excluding carboxylic acids is 1. The molecule has 1 atom stereocenters. The smallest absolute Gasteiger partial charge is 0.303 e. The minimum absolute atomic E-state index is 0.0166. The van der Waals surface area contributed by atoms with E-state index in [4.69, 9.17) is 9.84 Å². The molecule has 1 heterocycles. The molecular formula is C34H36N2O4. The van der Waals surface area contributed by atoms with Gasteiger partial charge in [0.2, 0.25) is 5.90 Å². The first kappa shape index (κ1) is 27.4. The van der Waals surface area contributed by atoms with Crippen LogP contribution in [-0.2, 0) is 27.3 Å². The average Bonchev–Trinajstić information content (AvgIpc) is 3.50. The van der Waals surface area contributed by atoms with Crippen LogP contribution in [0, 0.1) is 12.8 Å². The molecule has 3 aromatic carbocycles. The van der Waals surface area contributed by atoms with E-state index < -0.39 is 5.97 Å². The highest BCUT2D eigenvalue weighted by atomic mass is 16.5. The van der Waals surface area contributed by atoms with E-state index in [1.165, 1.54) is 36.3 Å². The van der Waals surface area contributed by atoms with E-state index in [-0.39, 0.29) is 18.9 Å². The zero-order valence-corrected chi connectivity index (χ0v) is 23.0. The molecule has 5 rings (SSSR count). The van der Waals surface area contributed by atoms with Gasteiger partial charge in [-0.25, -0.2) is 5.01 Å². The highest BCUT2D eigenvalue weighted by Gasteiger charge is 2.26. The number of nitrogens with zero attached hydrogens (tertiary/aromatic N) is 2. The van der Waals surface area contributed by atoms with Crippen LogP contribution in [0.25, 0.3) is 6.08 Å². The first-order chi connectivity index (χ1) is 19.5. The fraction of sp³-hybridized carbons (Fsp3) is 0.324. The molecule has 40 heavy (non-hydrogen) atoms. The number of allylic oxidation sites excluding steroid dienone is 1. The van der Waals surface area contributed by atoms with Crippen molar-refractivity contribution in [3.63, 3.8) is 0 Å². The summed E-state index contributed by atoms with van der Waals surface area (Å²) in [5.74, 6) is 0.427. The third-order valence-electron chi connectivity index (χ3n) is 8.04. The van der Waals surface area contributed by atoms with Gasteiger partial charge in [-0.1, -0.05) is 85.7 Å². The van der Waals surface area contributed by atoms with E-state index in [0.29, 0.717) is 30.7 Å². The Hall–Kier alpha value is -4.19. The van der Waals surface area contributed by atoms with Crippen LogP contribution in [0.5, 0.6) is 0 Å². The summed E-state index contributed by atoms with van der Waals surface area (Å²) >= 11 is 0. The summed E-state index contributed by atoms with van der Waals surface area (Å²) in [6.07, 6.45) is 10.2. The van der Waals surface area contributed by atoms with Gasteiger partial charge in [0.1, 0.15) is 0 Å². The molecule has 1 aliphatic carbocycles. The summed E-state index contributed by atoms with van der Waals surface area (Å²) in [7, 11) is 0. The number of amides is 1. The van der Waals surface area contributed by atoms with E-state index in [2.05, 4.69) is 54.5 Å². The number of rotatable bonds is 10. The maximum atomic E-state index is 12.5. The lowest BCUT2D eigenvalue weighted by molar-refractivity contribution is -0.137. The highest BCUT2D eigenvalue weighted by Crippen LogP contribution is 2.39. The van der Waals surface area contributed by atoms with Crippen molar-refractivity contribution in [2.45, 2.75) is 57.9 Å². The molecule has 1 fully saturated rings. The van der Waals surface area contributed by atoms with Crippen molar-refractivity contribution >= 4 is 23.9 Å². The Balaban J connectivity index is 1.33. The Morgan fingerprint density at radius 1 is 1.05 bits per heavy atom. The molecule has 0 bridgehead atoms. The minimum atomic E-state index is -0.772. The number of hydrogen-bond donors (Lipinski definition) is 1. The number of ether oxygens (including phenoxy) is 1. The number of carboxylic acid groups (broad SMARTS) is 1. The molecule has 0 radical (unpaired) electrons. The van der Waals surface area contributed by atoms with Gasteiger partial charge < -0.3 is 9.84 Å². The molecule has 206 valence electrons. The quantitative estimate of drug-likeness (QED) is 0.312. The second-order valence-electron chi connectivity index (χ2n) is 10.7. The van der Waals surface area contributed by atoms with Crippen LogP contribution in [0.3, 0.4) is 0 Å². The van der Waals surface area contributed by atoms with Gasteiger partial charge in [-0.15, -0.1) is 5.10 Å². The van der Waals surface area contributed by atoms with Crippen molar-refractivity contribution in [2.75, 3.05) is 6.61 Å². The molecule has 1 aliphatic heterocycles. The number of hydrogen-bond acceptors (Lipinski definition) is 4. The summed E-state index contributed by atoms with van der Waals surface area (Å²) in [6.45, 7) is 2.46. The van der Waals surface area contributed by atoms with Gasteiger partial charge in [-0.3, -0.25) is 9.59 Å². The number of carboxylic acids is 1. The second kappa shape index (κ2) is 12.8. The summed E-state index contributed by atoms with van der Waals surface area (Å²) < 4.78 is 5.58. The van der Waals surface area contributed by atoms with E-state index in [1.807, 2.05) is 42.5 Å². The average molecular weight is 537 g/mol. The predicted molar refractivity (Wildman–Crippen MR) is 157 cm³/mol. The van der Waals surface area contributed by atoms with Crippen molar-refractivity contribution in [2.24, 2.45) is 11.0 Å². The molecule has 0 spiro atoms.